The van der Waals surface area contributed by atoms with Crippen LogP contribution in [0.3, 0.4) is 0 Å². The van der Waals surface area contributed by atoms with Gasteiger partial charge in [0.05, 0.1) is 12.6 Å². The van der Waals surface area contributed by atoms with E-state index in [0.29, 0.717) is 5.82 Å². The summed E-state index contributed by atoms with van der Waals surface area (Å²) in [7, 11) is 1.66. The van der Waals surface area contributed by atoms with E-state index >= 15 is 0 Å². The lowest BCUT2D eigenvalue weighted by Gasteiger charge is -2.11. The van der Waals surface area contributed by atoms with Crippen molar-refractivity contribution in [3.63, 3.8) is 0 Å². The molecule has 3 aromatic rings. The summed E-state index contributed by atoms with van der Waals surface area (Å²) in [5.41, 5.74) is 5.86. The molecule has 4 nitrogen and oxygen atoms in total. The summed E-state index contributed by atoms with van der Waals surface area (Å²) < 4.78 is 5.27. The molecule has 0 aliphatic heterocycles. The van der Waals surface area contributed by atoms with Crippen LogP contribution in [-0.4, -0.2) is 12.1 Å². The van der Waals surface area contributed by atoms with E-state index < -0.39 is 0 Å². The summed E-state index contributed by atoms with van der Waals surface area (Å²) in [4.78, 5) is 4.57. The molecule has 0 saturated heterocycles. The third-order valence-corrected chi connectivity index (χ3v) is 3.47. The minimum absolute atomic E-state index is 0.705. The minimum Gasteiger partial charge on any atom is -0.497 e. The fourth-order valence-electron chi connectivity index (χ4n) is 2.40. The van der Waals surface area contributed by atoms with Gasteiger partial charge in [0, 0.05) is 17.4 Å². The van der Waals surface area contributed by atoms with E-state index in [1.807, 2.05) is 36.4 Å². The Morgan fingerprint density at radius 3 is 2.62 bits per heavy atom. The first kappa shape index (κ1) is 13.4. The molecule has 0 unspecified atom stereocenters. The van der Waals surface area contributed by atoms with Crippen molar-refractivity contribution in [1.82, 2.24) is 4.98 Å². The third kappa shape index (κ3) is 2.80. The zero-order valence-corrected chi connectivity index (χ0v) is 11.8. The Bertz CT molecular complexity index is 757. The number of nitrogens with zero attached hydrogens (tertiary/aromatic N) is 1. The van der Waals surface area contributed by atoms with Crippen LogP contribution in [0, 0.1) is 0 Å². The Morgan fingerprint density at radius 2 is 1.90 bits per heavy atom. The second-order valence-electron chi connectivity index (χ2n) is 4.86. The average molecular weight is 279 g/mol. The van der Waals surface area contributed by atoms with Gasteiger partial charge in [-0.25, -0.2) is 10.8 Å². The first-order chi connectivity index (χ1) is 10.3. The van der Waals surface area contributed by atoms with Gasteiger partial charge in [0.15, 0.2) is 0 Å². The van der Waals surface area contributed by atoms with E-state index in [2.05, 4.69) is 28.6 Å². The number of nitrogens with two attached hydrogens (primary N) is 1. The molecule has 2 aromatic carbocycles. The maximum absolute atomic E-state index is 5.61. The molecule has 0 amide bonds. The van der Waals surface area contributed by atoms with Crippen molar-refractivity contribution < 1.29 is 4.74 Å². The second-order valence-corrected chi connectivity index (χ2v) is 4.86. The molecule has 1 heterocycles. The number of benzene rings is 2. The number of aromatic nitrogens is 1. The molecule has 4 heteroatoms. The van der Waals surface area contributed by atoms with Crippen LogP contribution in [0.4, 0.5) is 5.82 Å². The Labute approximate surface area is 123 Å². The molecular weight excluding hydrogens is 262 g/mol. The van der Waals surface area contributed by atoms with Crippen LogP contribution in [0.5, 0.6) is 5.75 Å². The molecule has 1 aromatic heterocycles. The molecule has 3 N–H and O–H groups in total. The molecule has 3 rings (SSSR count). The predicted molar refractivity (Wildman–Crippen MR) is 85.4 cm³/mol. The Hall–Kier alpha value is -2.59. The lowest BCUT2D eigenvalue weighted by atomic mass is 10.0. The van der Waals surface area contributed by atoms with Crippen molar-refractivity contribution in [3.8, 4) is 5.75 Å². The molecule has 21 heavy (non-hydrogen) atoms. The zero-order valence-electron chi connectivity index (χ0n) is 11.8. The number of hydrazine groups is 1. The van der Waals surface area contributed by atoms with Gasteiger partial charge in [-0.3, -0.25) is 0 Å². The van der Waals surface area contributed by atoms with Gasteiger partial charge in [-0.15, -0.1) is 0 Å². The average Bonchev–Trinajstić information content (AvgIpc) is 2.54. The normalized spacial score (nSPS) is 10.6. The van der Waals surface area contributed by atoms with Gasteiger partial charge < -0.3 is 10.2 Å². The van der Waals surface area contributed by atoms with E-state index in [1.54, 1.807) is 7.11 Å². The SMILES string of the molecule is COc1ccc2nc(NN)c(Cc3ccccc3)cc2c1. The largest absolute Gasteiger partial charge is 0.497 e. The monoisotopic (exact) mass is 279 g/mol. The number of fused-ring (bicyclic) bond motifs is 1. The van der Waals surface area contributed by atoms with Gasteiger partial charge >= 0.3 is 0 Å². The second kappa shape index (κ2) is 5.81. The van der Waals surface area contributed by atoms with Crippen LogP contribution < -0.4 is 16.0 Å². The summed E-state index contributed by atoms with van der Waals surface area (Å²) >= 11 is 0. The van der Waals surface area contributed by atoms with Crippen molar-refractivity contribution in [2.75, 3.05) is 12.5 Å². The topological polar surface area (TPSA) is 60.2 Å². The molecule has 0 atom stereocenters. The van der Waals surface area contributed by atoms with Crippen LogP contribution in [0.25, 0.3) is 10.9 Å². The highest BCUT2D eigenvalue weighted by Crippen LogP contribution is 2.25. The van der Waals surface area contributed by atoms with Crippen LogP contribution in [0.1, 0.15) is 11.1 Å². The molecule has 106 valence electrons. The maximum atomic E-state index is 5.61. The Kier molecular flexibility index (Phi) is 3.71. The number of hydrogen-bond donors (Lipinski definition) is 2. The highest BCUT2D eigenvalue weighted by Gasteiger charge is 2.08. The van der Waals surface area contributed by atoms with E-state index in [9.17, 15) is 0 Å². The van der Waals surface area contributed by atoms with Gasteiger partial charge in [-0.2, -0.15) is 0 Å². The van der Waals surface area contributed by atoms with Gasteiger partial charge in [0.2, 0.25) is 0 Å². The van der Waals surface area contributed by atoms with Crippen molar-refractivity contribution in [2.24, 2.45) is 5.84 Å². The number of rotatable bonds is 4. The van der Waals surface area contributed by atoms with Gasteiger partial charge in [0.25, 0.3) is 0 Å². The van der Waals surface area contributed by atoms with Crippen LogP contribution in [0.2, 0.25) is 0 Å². The molecular formula is C17H17N3O. The molecule has 0 bridgehead atoms. The first-order valence-corrected chi connectivity index (χ1v) is 6.78. The zero-order chi connectivity index (χ0) is 14.7. The molecule has 0 aliphatic carbocycles. The van der Waals surface area contributed by atoms with Crippen molar-refractivity contribution >= 4 is 16.7 Å². The fraction of sp³-hybridized carbons (Fsp3) is 0.118. The third-order valence-electron chi connectivity index (χ3n) is 3.47. The van der Waals surface area contributed by atoms with Gasteiger partial charge in [-0.05, 0) is 29.8 Å². The highest BCUT2D eigenvalue weighted by molar-refractivity contribution is 5.83. The number of methoxy groups -OCH3 is 1. The summed E-state index contributed by atoms with van der Waals surface area (Å²) in [6.07, 6.45) is 0.778. The van der Waals surface area contributed by atoms with Crippen molar-refractivity contribution in [1.29, 1.82) is 0 Å². The quantitative estimate of drug-likeness (QED) is 0.569. The standard InChI is InChI=1S/C17H17N3O/c1-21-15-7-8-16-13(11-15)10-14(17(19-16)20-18)9-12-5-3-2-4-6-12/h2-8,10-11H,9,18H2,1H3,(H,19,20). The highest BCUT2D eigenvalue weighted by atomic mass is 16.5. The number of pyridine rings is 1. The number of anilines is 1. The van der Waals surface area contributed by atoms with E-state index in [0.717, 1.165) is 28.6 Å². The van der Waals surface area contributed by atoms with E-state index in [-0.39, 0.29) is 0 Å². The Balaban J connectivity index is 2.07. The predicted octanol–water partition coefficient (Wildman–Crippen LogP) is 3.12. The minimum atomic E-state index is 0.705. The smallest absolute Gasteiger partial charge is 0.144 e. The fourth-order valence-corrected chi connectivity index (χ4v) is 2.40. The van der Waals surface area contributed by atoms with E-state index in [1.165, 1.54) is 5.56 Å². The summed E-state index contributed by atoms with van der Waals surface area (Å²) in [6.45, 7) is 0. The lowest BCUT2D eigenvalue weighted by molar-refractivity contribution is 0.415. The number of nitrogens with one attached hydrogen (secondary N) is 1. The number of hydrogen-bond acceptors (Lipinski definition) is 4. The van der Waals surface area contributed by atoms with Crippen LogP contribution >= 0.6 is 0 Å². The molecule has 0 saturated carbocycles. The molecule has 0 aliphatic rings. The van der Waals surface area contributed by atoms with Gasteiger partial charge in [-0.1, -0.05) is 30.3 Å². The molecule has 0 radical (unpaired) electrons. The number of ether oxygens (including phenoxy) is 1. The van der Waals surface area contributed by atoms with Gasteiger partial charge in [0.1, 0.15) is 11.6 Å². The maximum Gasteiger partial charge on any atom is 0.144 e. The van der Waals surface area contributed by atoms with Crippen LogP contribution in [0.15, 0.2) is 54.6 Å². The molecule has 0 spiro atoms. The van der Waals surface area contributed by atoms with Crippen molar-refractivity contribution in [2.45, 2.75) is 6.42 Å². The van der Waals surface area contributed by atoms with Crippen molar-refractivity contribution in [3.05, 3.63) is 65.7 Å². The summed E-state index contributed by atoms with van der Waals surface area (Å²) in [5, 5.41) is 1.04. The lowest BCUT2D eigenvalue weighted by Crippen LogP contribution is -2.11. The Morgan fingerprint density at radius 1 is 1.10 bits per heavy atom. The number of nitrogen functional groups attached to an aromatic ring is 1. The summed E-state index contributed by atoms with van der Waals surface area (Å²) in [6, 6.07) is 18.2. The van der Waals surface area contributed by atoms with E-state index in [4.69, 9.17) is 10.6 Å². The molecule has 0 fully saturated rings. The first-order valence-electron chi connectivity index (χ1n) is 6.78. The summed E-state index contributed by atoms with van der Waals surface area (Å²) in [5.74, 6) is 7.14. The van der Waals surface area contributed by atoms with Crippen LogP contribution in [-0.2, 0) is 6.42 Å².